The third kappa shape index (κ3) is 4.38. The first-order valence-corrected chi connectivity index (χ1v) is 10.8. The van der Waals surface area contributed by atoms with Crippen LogP contribution in [-0.2, 0) is 13.6 Å². The lowest BCUT2D eigenvalue weighted by Gasteiger charge is -2.26. The minimum Gasteiger partial charge on any atom is -0.497 e. The summed E-state index contributed by atoms with van der Waals surface area (Å²) in [6.07, 6.45) is 7.29. The molecule has 0 fully saturated rings. The van der Waals surface area contributed by atoms with Crippen molar-refractivity contribution in [3.63, 3.8) is 0 Å². The zero-order valence-electron chi connectivity index (χ0n) is 19.2. The van der Waals surface area contributed by atoms with Crippen LogP contribution in [0.2, 0.25) is 0 Å². The van der Waals surface area contributed by atoms with E-state index in [9.17, 15) is 0 Å². The number of ether oxygens (including phenoxy) is 2. The third-order valence-electron chi connectivity index (χ3n) is 5.53. The van der Waals surface area contributed by atoms with Crippen LogP contribution in [0.15, 0.2) is 79.4 Å². The molecule has 8 heteroatoms. The van der Waals surface area contributed by atoms with E-state index in [-0.39, 0.29) is 0 Å². The molecule has 0 atom stereocenters. The van der Waals surface area contributed by atoms with Crippen LogP contribution in [0.25, 0.3) is 22.3 Å². The first-order chi connectivity index (χ1) is 16.6. The van der Waals surface area contributed by atoms with Crippen molar-refractivity contribution >= 4 is 22.4 Å². The Hall–Kier alpha value is -4.46. The highest BCUT2D eigenvalue weighted by Crippen LogP contribution is 2.35. The summed E-state index contributed by atoms with van der Waals surface area (Å²) in [4.78, 5) is 16.2. The Kier molecular flexibility index (Phi) is 5.78. The largest absolute Gasteiger partial charge is 0.497 e. The monoisotopic (exact) mass is 452 g/mol. The van der Waals surface area contributed by atoms with Crippen molar-refractivity contribution < 1.29 is 9.47 Å². The van der Waals surface area contributed by atoms with Crippen LogP contribution in [0.3, 0.4) is 0 Å². The molecule has 0 aliphatic carbocycles. The number of aryl methyl sites for hydroxylation is 1. The molecule has 170 valence electrons. The van der Waals surface area contributed by atoms with Gasteiger partial charge in [-0.15, -0.1) is 0 Å². The smallest absolute Gasteiger partial charge is 0.124 e. The number of anilines is 2. The van der Waals surface area contributed by atoms with E-state index in [0.717, 1.165) is 39.4 Å². The summed E-state index contributed by atoms with van der Waals surface area (Å²) < 4.78 is 12.8. The van der Waals surface area contributed by atoms with Gasteiger partial charge in [0.15, 0.2) is 0 Å². The van der Waals surface area contributed by atoms with Crippen LogP contribution in [0.5, 0.6) is 11.5 Å². The predicted molar refractivity (Wildman–Crippen MR) is 131 cm³/mol. The average Bonchev–Trinajstić information content (AvgIpc) is 3.33. The molecular weight excluding hydrogens is 428 g/mol. The molecule has 2 aromatic carbocycles. The van der Waals surface area contributed by atoms with Crippen LogP contribution >= 0.6 is 0 Å². The minimum absolute atomic E-state index is 0.554. The molecule has 3 heterocycles. The van der Waals surface area contributed by atoms with Crippen molar-refractivity contribution in [2.75, 3.05) is 19.1 Å². The van der Waals surface area contributed by atoms with E-state index in [1.807, 2.05) is 67.8 Å². The molecule has 0 aliphatic heterocycles. The fourth-order valence-electron chi connectivity index (χ4n) is 3.79. The Morgan fingerprint density at radius 2 is 1.68 bits per heavy atom. The van der Waals surface area contributed by atoms with Gasteiger partial charge in [0.1, 0.15) is 11.5 Å². The molecule has 0 bridgehead atoms. The Bertz CT molecular complexity index is 1410. The summed E-state index contributed by atoms with van der Waals surface area (Å²) in [6, 6.07) is 17.8. The summed E-state index contributed by atoms with van der Waals surface area (Å²) in [6.45, 7) is 0.554. The van der Waals surface area contributed by atoms with Gasteiger partial charge >= 0.3 is 0 Å². The van der Waals surface area contributed by atoms with Gasteiger partial charge in [0, 0.05) is 54.6 Å². The topological polar surface area (TPSA) is 78.2 Å². The summed E-state index contributed by atoms with van der Waals surface area (Å²) in [5.74, 6) is 1.42. The molecule has 5 aromatic rings. The number of nitrogens with zero attached hydrogens (tertiary/aromatic N) is 6. The van der Waals surface area contributed by atoms with Crippen LogP contribution in [0.4, 0.5) is 11.4 Å². The van der Waals surface area contributed by atoms with Gasteiger partial charge in [-0.25, -0.2) is 4.98 Å². The van der Waals surface area contributed by atoms with Crippen LogP contribution in [-0.4, -0.2) is 39.0 Å². The number of fused-ring (bicyclic) bond motifs is 1. The molecule has 5 rings (SSSR count). The van der Waals surface area contributed by atoms with Gasteiger partial charge in [-0.2, -0.15) is 5.10 Å². The minimum atomic E-state index is 0.554. The highest BCUT2D eigenvalue weighted by Gasteiger charge is 2.15. The van der Waals surface area contributed by atoms with Crippen LogP contribution < -0.4 is 14.4 Å². The van der Waals surface area contributed by atoms with Gasteiger partial charge in [0.05, 0.1) is 55.6 Å². The summed E-state index contributed by atoms with van der Waals surface area (Å²) in [7, 11) is 5.18. The van der Waals surface area contributed by atoms with Gasteiger partial charge in [-0.3, -0.25) is 14.6 Å². The normalized spacial score (nSPS) is 10.9. The fraction of sp³-hybridized carbons (Fsp3) is 0.154. The van der Waals surface area contributed by atoms with Crippen molar-refractivity contribution in [1.29, 1.82) is 0 Å². The predicted octanol–water partition coefficient (Wildman–Crippen LogP) is 4.78. The van der Waals surface area contributed by atoms with E-state index in [1.165, 1.54) is 0 Å². The van der Waals surface area contributed by atoms with E-state index in [1.54, 1.807) is 37.5 Å². The van der Waals surface area contributed by atoms with Gasteiger partial charge in [0.2, 0.25) is 0 Å². The third-order valence-corrected chi connectivity index (χ3v) is 5.53. The molecule has 34 heavy (non-hydrogen) atoms. The van der Waals surface area contributed by atoms with Crippen molar-refractivity contribution in [2.45, 2.75) is 6.54 Å². The van der Waals surface area contributed by atoms with E-state index < -0.39 is 0 Å². The van der Waals surface area contributed by atoms with Gasteiger partial charge in [-0.05, 0) is 30.3 Å². The Morgan fingerprint density at radius 3 is 2.35 bits per heavy atom. The standard InChI is InChI=1S/C26H24N6O2/c1-31-16-18(14-29-31)26-15-28-24-8-7-20(12-25(24)30-26)32(17-19-6-4-5-9-27-19)21-10-22(33-2)13-23(11-21)34-3/h4-16H,17H2,1-3H3. The number of hydrogen-bond acceptors (Lipinski definition) is 7. The lowest BCUT2D eigenvalue weighted by atomic mass is 10.1. The fourth-order valence-corrected chi connectivity index (χ4v) is 3.79. The summed E-state index contributed by atoms with van der Waals surface area (Å²) in [5, 5.41) is 4.25. The second-order valence-corrected chi connectivity index (χ2v) is 7.81. The molecule has 3 aromatic heterocycles. The van der Waals surface area contributed by atoms with Gasteiger partial charge in [0.25, 0.3) is 0 Å². The van der Waals surface area contributed by atoms with Crippen molar-refractivity contribution in [1.82, 2.24) is 24.7 Å². The first-order valence-electron chi connectivity index (χ1n) is 10.8. The number of aromatic nitrogens is 5. The number of benzene rings is 2. The molecule has 0 amide bonds. The summed E-state index contributed by atoms with van der Waals surface area (Å²) >= 11 is 0. The van der Waals surface area contributed by atoms with E-state index in [2.05, 4.69) is 20.0 Å². The maximum atomic E-state index is 5.52. The van der Waals surface area contributed by atoms with E-state index in [4.69, 9.17) is 14.5 Å². The lowest BCUT2D eigenvalue weighted by Crippen LogP contribution is -2.17. The highest BCUT2D eigenvalue weighted by atomic mass is 16.5. The quantitative estimate of drug-likeness (QED) is 0.352. The lowest BCUT2D eigenvalue weighted by molar-refractivity contribution is 0.394. The number of methoxy groups -OCH3 is 2. The maximum absolute atomic E-state index is 5.52. The number of hydrogen-bond donors (Lipinski definition) is 0. The average molecular weight is 453 g/mol. The molecule has 0 aliphatic rings. The molecular formula is C26H24N6O2. The SMILES string of the molecule is COc1cc(OC)cc(N(Cc2ccccn2)c2ccc3ncc(-c4cnn(C)c4)nc3c2)c1. The van der Waals surface area contributed by atoms with Crippen molar-refractivity contribution in [3.8, 4) is 22.8 Å². The highest BCUT2D eigenvalue weighted by molar-refractivity contribution is 5.82. The van der Waals surface area contributed by atoms with E-state index >= 15 is 0 Å². The Labute approximate surface area is 197 Å². The Balaban J connectivity index is 1.62. The van der Waals surface area contributed by atoms with Crippen LogP contribution in [0, 0.1) is 0 Å². The second kappa shape index (κ2) is 9.19. The zero-order chi connectivity index (χ0) is 23.5. The number of pyridine rings is 1. The Morgan fingerprint density at radius 1 is 0.853 bits per heavy atom. The molecule has 0 unspecified atom stereocenters. The van der Waals surface area contributed by atoms with Crippen molar-refractivity contribution in [2.24, 2.45) is 7.05 Å². The van der Waals surface area contributed by atoms with E-state index in [0.29, 0.717) is 18.0 Å². The molecule has 0 saturated heterocycles. The first kappa shape index (κ1) is 21.4. The molecule has 0 spiro atoms. The zero-order valence-corrected chi connectivity index (χ0v) is 19.2. The van der Waals surface area contributed by atoms with Crippen molar-refractivity contribution in [3.05, 3.63) is 85.1 Å². The molecule has 8 nitrogen and oxygen atoms in total. The second-order valence-electron chi connectivity index (χ2n) is 7.81. The van der Waals surface area contributed by atoms with Gasteiger partial charge < -0.3 is 14.4 Å². The molecule has 0 N–H and O–H groups in total. The summed E-state index contributed by atoms with van der Waals surface area (Å²) in [5.41, 5.74) is 6.10. The molecule has 0 radical (unpaired) electrons. The maximum Gasteiger partial charge on any atom is 0.124 e. The molecule has 0 saturated carbocycles. The van der Waals surface area contributed by atoms with Gasteiger partial charge in [-0.1, -0.05) is 6.07 Å². The van der Waals surface area contributed by atoms with Crippen LogP contribution in [0.1, 0.15) is 5.69 Å². The number of rotatable bonds is 7.